The van der Waals surface area contributed by atoms with Crippen LogP contribution in [-0.2, 0) is 19.5 Å². The molecule has 0 unspecified atom stereocenters. The average Bonchev–Trinajstić information content (AvgIpc) is 3.15. The summed E-state index contributed by atoms with van der Waals surface area (Å²) < 4.78 is 12.4. The normalized spacial score (nSPS) is 12.6. The second-order valence-corrected chi connectivity index (χ2v) is 6.71. The van der Waals surface area contributed by atoms with E-state index in [0.29, 0.717) is 36.8 Å². The number of imidazole rings is 1. The Morgan fingerprint density at radius 2 is 1.97 bits per heavy atom. The van der Waals surface area contributed by atoms with E-state index in [1.165, 1.54) is 0 Å². The highest BCUT2D eigenvalue weighted by Gasteiger charge is 2.27. The number of aromatic nitrogens is 2. The summed E-state index contributed by atoms with van der Waals surface area (Å²) in [5.41, 5.74) is 2.00. The minimum atomic E-state index is -0.314. The van der Waals surface area contributed by atoms with Crippen molar-refractivity contribution >= 4 is 11.8 Å². The highest BCUT2D eigenvalue weighted by molar-refractivity contribution is 5.97. The van der Waals surface area contributed by atoms with Crippen LogP contribution < -0.4 is 20.1 Å². The monoisotopic (exact) mass is 398 g/mol. The third-order valence-corrected chi connectivity index (χ3v) is 4.84. The Labute approximate surface area is 169 Å². The van der Waals surface area contributed by atoms with Crippen LogP contribution in [0.3, 0.4) is 0 Å². The molecule has 0 atom stereocenters. The van der Waals surface area contributed by atoms with Crippen LogP contribution in [0.5, 0.6) is 11.5 Å². The molecule has 0 bridgehead atoms. The molecule has 2 aromatic rings. The first kappa shape index (κ1) is 20.4. The molecule has 0 aliphatic carbocycles. The molecule has 0 radical (unpaired) electrons. The number of ether oxygens (including phenoxy) is 2. The largest absolute Gasteiger partial charge is 0.493 e. The molecule has 2 amide bonds. The van der Waals surface area contributed by atoms with Crippen LogP contribution in [0.15, 0.2) is 30.9 Å². The lowest BCUT2D eigenvalue weighted by atomic mass is 10.1. The smallest absolute Gasteiger partial charge is 0.287 e. The number of hydrogen-bond donors (Lipinski definition) is 2. The van der Waals surface area contributed by atoms with Crippen molar-refractivity contribution in [1.82, 2.24) is 20.2 Å². The molecular weight excluding hydrogens is 372 g/mol. The van der Waals surface area contributed by atoms with Crippen molar-refractivity contribution in [3.05, 3.63) is 53.6 Å². The zero-order valence-corrected chi connectivity index (χ0v) is 16.8. The first-order valence-electron chi connectivity index (χ1n) is 9.56. The van der Waals surface area contributed by atoms with E-state index in [1.807, 2.05) is 16.7 Å². The quantitative estimate of drug-likeness (QED) is 0.664. The van der Waals surface area contributed by atoms with Crippen molar-refractivity contribution in [2.75, 3.05) is 20.8 Å². The number of carbonyl (C=O) groups is 2. The van der Waals surface area contributed by atoms with Crippen molar-refractivity contribution in [1.29, 1.82) is 0 Å². The topological polar surface area (TPSA) is 94.5 Å². The molecular formula is C21H26N4O4. The van der Waals surface area contributed by atoms with Crippen molar-refractivity contribution in [3.63, 3.8) is 0 Å². The van der Waals surface area contributed by atoms with Gasteiger partial charge in [-0.1, -0.05) is 12.1 Å². The van der Waals surface area contributed by atoms with Crippen LogP contribution in [-0.4, -0.2) is 42.1 Å². The zero-order chi connectivity index (χ0) is 20.8. The van der Waals surface area contributed by atoms with Gasteiger partial charge in [0.2, 0.25) is 0 Å². The molecule has 1 aromatic carbocycles. The van der Waals surface area contributed by atoms with Gasteiger partial charge in [0, 0.05) is 19.6 Å². The maximum Gasteiger partial charge on any atom is 0.287 e. The number of nitrogens with zero attached hydrogens (tertiary/aromatic N) is 2. The molecule has 2 heterocycles. The Morgan fingerprint density at radius 3 is 2.69 bits per heavy atom. The Bertz CT molecular complexity index is 920. The number of nitrogens with one attached hydrogen (secondary N) is 2. The van der Waals surface area contributed by atoms with E-state index in [-0.39, 0.29) is 17.6 Å². The van der Waals surface area contributed by atoms with E-state index in [2.05, 4.69) is 22.2 Å². The molecule has 29 heavy (non-hydrogen) atoms. The second kappa shape index (κ2) is 9.27. The number of amides is 2. The summed E-state index contributed by atoms with van der Waals surface area (Å²) in [6.45, 7) is 4.94. The summed E-state index contributed by atoms with van der Waals surface area (Å²) in [4.78, 5) is 29.6. The standard InChI is InChI=1S/C21H26N4O4/c1-4-10-22-20(26)18-15-7-5-6-11-25(15)19(24-18)21(27)23-13-14-8-9-16(28-2)17(12-14)29-3/h4,8-9,12H,1,5-7,10-11,13H2,2-3H3,(H,22,26)(H,23,27). The highest BCUT2D eigenvalue weighted by Crippen LogP contribution is 2.27. The molecule has 0 spiro atoms. The van der Waals surface area contributed by atoms with E-state index in [4.69, 9.17) is 9.47 Å². The van der Waals surface area contributed by atoms with E-state index in [0.717, 1.165) is 30.5 Å². The van der Waals surface area contributed by atoms with Gasteiger partial charge in [-0.15, -0.1) is 6.58 Å². The summed E-state index contributed by atoms with van der Waals surface area (Å²) in [5, 5.41) is 5.63. The van der Waals surface area contributed by atoms with Gasteiger partial charge < -0.3 is 24.7 Å². The van der Waals surface area contributed by atoms with E-state index >= 15 is 0 Å². The van der Waals surface area contributed by atoms with E-state index < -0.39 is 0 Å². The van der Waals surface area contributed by atoms with Gasteiger partial charge in [0.25, 0.3) is 11.8 Å². The second-order valence-electron chi connectivity index (χ2n) is 6.71. The fourth-order valence-electron chi connectivity index (χ4n) is 3.40. The number of carbonyl (C=O) groups excluding carboxylic acids is 2. The SMILES string of the molecule is C=CCNC(=O)c1nc(C(=O)NCc2ccc(OC)c(OC)c2)n2c1CCCC2. The van der Waals surface area contributed by atoms with Gasteiger partial charge in [0.15, 0.2) is 17.3 Å². The van der Waals surface area contributed by atoms with Crippen molar-refractivity contribution in [2.45, 2.75) is 32.4 Å². The van der Waals surface area contributed by atoms with Crippen LogP contribution in [0.2, 0.25) is 0 Å². The minimum Gasteiger partial charge on any atom is -0.493 e. The first-order valence-corrected chi connectivity index (χ1v) is 9.56. The van der Waals surface area contributed by atoms with E-state index in [9.17, 15) is 9.59 Å². The zero-order valence-electron chi connectivity index (χ0n) is 16.8. The Balaban J connectivity index is 1.78. The molecule has 1 aromatic heterocycles. The van der Waals surface area contributed by atoms with Gasteiger partial charge >= 0.3 is 0 Å². The summed E-state index contributed by atoms with van der Waals surface area (Å²) >= 11 is 0. The Morgan fingerprint density at radius 1 is 1.17 bits per heavy atom. The highest BCUT2D eigenvalue weighted by atomic mass is 16.5. The molecule has 1 aliphatic heterocycles. The maximum atomic E-state index is 12.8. The lowest BCUT2D eigenvalue weighted by molar-refractivity contribution is 0.0935. The van der Waals surface area contributed by atoms with Crippen molar-refractivity contribution in [3.8, 4) is 11.5 Å². The lowest BCUT2D eigenvalue weighted by Crippen LogP contribution is -2.27. The lowest BCUT2D eigenvalue weighted by Gasteiger charge is -2.17. The molecule has 8 heteroatoms. The molecule has 0 saturated heterocycles. The molecule has 0 saturated carbocycles. The molecule has 2 N–H and O–H groups in total. The number of fused-ring (bicyclic) bond motifs is 1. The fourth-order valence-corrected chi connectivity index (χ4v) is 3.40. The molecule has 154 valence electrons. The molecule has 3 rings (SSSR count). The summed E-state index contributed by atoms with van der Waals surface area (Å²) in [6, 6.07) is 5.46. The fraction of sp³-hybridized carbons (Fsp3) is 0.381. The molecule has 1 aliphatic rings. The third kappa shape index (κ3) is 4.42. The number of rotatable bonds is 8. The van der Waals surface area contributed by atoms with Crippen molar-refractivity contribution < 1.29 is 19.1 Å². The third-order valence-electron chi connectivity index (χ3n) is 4.84. The van der Waals surface area contributed by atoms with Crippen LogP contribution in [0.4, 0.5) is 0 Å². The van der Waals surface area contributed by atoms with Crippen LogP contribution in [0.1, 0.15) is 45.2 Å². The summed E-state index contributed by atoms with van der Waals surface area (Å²) in [5.74, 6) is 0.892. The first-order chi connectivity index (χ1) is 14.1. The number of hydrogen-bond acceptors (Lipinski definition) is 5. The predicted octanol–water partition coefficient (Wildman–Crippen LogP) is 2.08. The van der Waals surface area contributed by atoms with Gasteiger partial charge in [-0.3, -0.25) is 9.59 Å². The number of methoxy groups -OCH3 is 2. The summed E-state index contributed by atoms with van der Waals surface area (Å²) in [7, 11) is 3.14. The Kier molecular flexibility index (Phi) is 6.54. The Hall–Kier alpha value is -3.29. The predicted molar refractivity (Wildman–Crippen MR) is 108 cm³/mol. The molecule has 0 fully saturated rings. The number of benzene rings is 1. The van der Waals surface area contributed by atoms with Gasteiger partial charge in [-0.2, -0.15) is 0 Å². The van der Waals surface area contributed by atoms with Gasteiger partial charge in [0.05, 0.1) is 19.9 Å². The van der Waals surface area contributed by atoms with Crippen LogP contribution in [0, 0.1) is 0 Å². The average molecular weight is 398 g/mol. The van der Waals surface area contributed by atoms with Crippen molar-refractivity contribution in [2.24, 2.45) is 0 Å². The summed E-state index contributed by atoms with van der Waals surface area (Å²) in [6.07, 6.45) is 4.26. The minimum absolute atomic E-state index is 0.268. The van der Waals surface area contributed by atoms with Gasteiger partial charge in [-0.05, 0) is 37.0 Å². The maximum absolute atomic E-state index is 12.8. The van der Waals surface area contributed by atoms with Gasteiger partial charge in [-0.25, -0.2) is 4.98 Å². The van der Waals surface area contributed by atoms with Gasteiger partial charge in [0.1, 0.15) is 5.69 Å². The molecule has 8 nitrogen and oxygen atoms in total. The van der Waals surface area contributed by atoms with Crippen LogP contribution >= 0.6 is 0 Å². The van der Waals surface area contributed by atoms with Crippen LogP contribution in [0.25, 0.3) is 0 Å². The van der Waals surface area contributed by atoms with E-state index in [1.54, 1.807) is 26.4 Å².